The summed E-state index contributed by atoms with van der Waals surface area (Å²) in [6.45, 7) is 1.79. The summed E-state index contributed by atoms with van der Waals surface area (Å²) >= 11 is 0. The van der Waals surface area contributed by atoms with Crippen molar-refractivity contribution in [3.8, 4) is 0 Å². The van der Waals surface area contributed by atoms with E-state index in [2.05, 4.69) is 4.74 Å². The van der Waals surface area contributed by atoms with E-state index in [4.69, 9.17) is 5.73 Å². The third-order valence-corrected chi connectivity index (χ3v) is 1.03. The Morgan fingerprint density at radius 2 is 2.18 bits per heavy atom. The first-order chi connectivity index (χ1) is 5.07. The SMILES string of the molecule is CCOC(=O)CC(N)C(F)F. The smallest absolute Gasteiger partial charge is 0.307 e. The molecule has 0 heterocycles. The topological polar surface area (TPSA) is 52.3 Å². The average molecular weight is 167 g/mol. The van der Waals surface area contributed by atoms with E-state index in [0.717, 1.165) is 0 Å². The minimum Gasteiger partial charge on any atom is -0.466 e. The van der Waals surface area contributed by atoms with Crippen LogP contribution in [0.1, 0.15) is 13.3 Å². The molecular weight excluding hydrogens is 156 g/mol. The van der Waals surface area contributed by atoms with E-state index in [9.17, 15) is 13.6 Å². The third kappa shape index (κ3) is 4.66. The van der Waals surface area contributed by atoms with Gasteiger partial charge >= 0.3 is 5.97 Å². The fourth-order valence-corrected chi connectivity index (χ4v) is 0.501. The quantitative estimate of drug-likeness (QED) is 0.621. The van der Waals surface area contributed by atoms with Gasteiger partial charge in [-0.2, -0.15) is 0 Å². The summed E-state index contributed by atoms with van der Waals surface area (Å²) in [6, 6.07) is -1.41. The van der Waals surface area contributed by atoms with Crippen LogP contribution in [0.15, 0.2) is 0 Å². The first kappa shape index (κ1) is 10.3. The van der Waals surface area contributed by atoms with E-state index in [1.165, 1.54) is 0 Å². The highest BCUT2D eigenvalue weighted by Crippen LogP contribution is 2.02. The summed E-state index contributed by atoms with van der Waals surface area (Å²) < 4.78 is 27.8. The molecule has 0 aromatic heterocycles. The van der Waals surface area contributed by atoms with Gasteiger partial charge in [-0.05, 0) is 6.92 Å². The number of hydrogen-bond acceptors (Lipinski definition) is 3. The first-order valence-corrected chi connectivity index (χ1v) is 3.27. The maximum atomic E-state index is 11.7. The maximum absolute atomic E-state index is 11.7. The van der Waals surface area contributed by atoms with Gasteiger partial charge in [-0.1, -0.05) is 0 Å². The Labute approximate surface area is 63.5 Å². The van der Waals surface area contributed by atoms with Crippen molar-refractivity contribution in [2.75, 3.05) is 6.61 Å². The van der Waals surface area contributed by atoms with Crippen molar-refractivity contribution in [3.63, 3.8) is 0 Å². The molecule has 0 aromatic carbocycles. The molecule has 0 spiro atoms. The van der Waals surface area contributed by atoms with Gasteiger partial charge in [0.25, 0.3) is 6.43 Å². The standard InChI is InChI=1S/C6H11F2NO2/c1-2-11-5(10)3-4(9)6(7)8/h4,6H,2-3,9H2,1H3. The van der Waals surface area contributed by atoms with E-state index >= 15 is 0 Å². The fourth-order valence-electron chi connectivity index (χ4n) is 0.501. The normalized spacial score (nSPS) is 13.2. The van der Waals surface area contributed by atoms with Crippen LogP contribution >= 0.6 is 0 Å². The van der Waals surface area contributed by atoms with Crippen molar-refractivity contribution < 1.29 is 18.3 Å². The summed E-state index contributed by atoms with van der Waals surface area (Å²) in [4.78, 5) is 10.5. The predicted molar refractivity (Wildman–Crippen MR) is 35.2 cm³/mol. The molecule has 0 fully saturated rings. The molecule has 0 aromatic rings. The number of esters is 1. The second kappa shape index (κ2) is 5.01. The molecule has 0 rings (SSSR count). The lowest BCUT2D eigenvalue weighted by molar-refractivity contribution is -0.144. The number of carbonyl (C=O) groups excluding carboxylic acids is 1. The molecule has 0 saturated heterocycles. The van der Waals surface area contributed by atoms with Gasteiger partial charge < -0.3 is 10.5 Å². The highest BCUT2D eigenvalue weighted by atomic mass is 19.3. The van der Waals surface area contributed by atoms with E-state index in [1.54, 1.807) is 6.92 Å². The highest BCUT2D eigenvalue weighted by molar-refractivity contribution is 5.70. The van der Waals surface area contributed by atoms with Crippen molar-refractivity contribution >= 4 is 5.97 Å². The zero-order valence-electron chi connectivity index (χ0n) is 6.22. The third-order valence-electron chi connectivity index (χ3n) is 1.03. The first-order valence-electron chi connectivity index (χ1n) is 3.27. The largest absolute Gasteiger partial charge is 0.466 e. The lowest BCUT2D eigenvalue weighted by atomic mass is 10.2. The van der Waals surface area contributed by atoms with Crippen molar-refractivity contribution in [1.82, 2.24) is 0 Å². The van der Waals surface area contributed by atoms with E-state index in [-0.39, 0.29) is 6.61 Å². The van der Waals surface area contributed by atoms with Gasteiger partial charge in [-0.15, -0.1) is 0 Å². The van der Waals surface area contributed by atoms with Crippen LogP contribution in [-0.2, 0) is 9.53 Å². The minimum absolute atomic E-state index is 0.189. The van der Waals surface area contributed by atoms with E-state index in [1.807, 2.05) is 0 Å². The zero-order valence-corrected chi connectivity index (χ0v) is 6.22. The van der Waals surface area contributed by atoms with Gasteiger partial charge in [0, 0.05) is 0 Å². The maximum Gasteiger partial charge on any atom is 0.307 e. The summed E-state index contributed by atoms with van der Waals surface area (Å²) in [5.41, 5.74) is 4.90. The average Bonchev–Trinajstić information content (AvgIpc) is 1.87. The Balaban J connectivity index is 3.57. The number of carbonyl (C=O) groups is 1. The molecule has 0 aliphatic carbocycles. The molecule has 0 bridgehead atoms. The lowest BCUT2D eigenvalue weighted by Crippen LogP contribution is -2.31. The van der Waals surface area contributed by atoms with Gasteiger partial charge in [0.2, 0.25) is 0 Å². The van der Waals surface area contributed by atoms with Crippen LogP contribution in [0.25, 0.3) is 0 Å². The van der Waals surface area contributed by atoms with Crippen LogP contribution in [-0.4, -0.2) is 25.0 Å². The number of alkyl halides is 2. The van der Waals surface area contributed by atoms with Crippen LogP contribution in [0, 0.1) is 0 Å². The van der Waals surface area contributed by atoms with Crippen molar-refractivity contribution in [3.05, 3.63) is 0 Å². The number of ether oxygens (including phenoxy) is 1. The molecule has 5 heteroatoms. The van der Waals surface area contributed by atoms with Gasteiger partial charge in [-0.25, -0.2) is 8.78 Å². The van der Waals surface area contributed by atoms with E-state index < -0.39 is 24.9 Å². The molecule has 0 aliphatic heterocycles. The number of hydrogen-bond donors (Lipinski definition) is 1. The molecule has 66 valence electrons. The fraction of sp³-hybridized carbons (Fsp3) is 0.833. The summed E-state index contributed by atoms with van der Waals surface area (Å²) in [5.74, 6) is -0.680. The molecule has 0 amide bonds. The number of rotatable bonds is 4. The molecule has 0 radical (unpaired) electrons. The minimum atomic E-state index is -2.67. The van der Waals surface area contributed by atoms with Crippen LogP contribution < -0.4 is 5.73 Å². The summed E-state index contributed by atoms with van der Waals surface area (Å²) in [5, 5.41) is 0. The van der Waals surface area contributed by atoms with Gasteiger partial charge in [0.05, 0.1) is 19.1 Å². The molecular formula is C6H11F2NO2. The Kier molecular flexibility index (Phi) is 4.69. The van der Waals surface area contributed by atoms with Crippen LogP contribution in [0.2, 0.25) is 0 Å². The highest BCUT2D eigenvalue weighted by Gasteiger charge is 2.19. The van der Waals surface area contributed by atoms with Crippen LogP contribution in [0.4, 0.5) is 8.78 Å². The Morgan fingerprint density at radius 1 is 1.64 bits per heavy atom. The van der Waals surface area contributed by atoms with Crippen molar-refractivity contribution in [2.45, 2.75) is 25.8 Å². The second-order valence-electron chi connectivity index (χ2n) is 2.01. The Bertz CT molecular complexity index is 130. The second-order valence-corrected chi connectivity index (χ2v) is 2.01. The van der Waals surface area contributed by atoms with Gasteiger partial charge in [0.1, 0.15) is 0 Å². The zero-order chi connectivity index (χ0) is 8.85. The van der Waals surface area contributed by atoms with Crippen LogP contribution in [0.3, 0.4) is 0 Å². The molecule has 1 unspecified atom stereocenters. The van der Waals surface area contributed by atoms with Crippen LogP contribution in [0.5, 0.6) is 0 Å². The van der Waals surface area contributed by atoms with Crippen molar-refractivity contribution in [2.24, 2.45) is 5.73 Å². The number of nitrogens with two attached hydrogens (primary N) is 1. The van der Waals surface area contributed by atoms with Gasteiger partial charge in [-0.3, -0.25) is 4.79 Å². The molecule has 1 atom stereocenters. The molecule has 3 nitrogen and oxygen atoms in total. The lowest BCUT2D eigenvalue weighted by Gasteiger charge is -2.08. The molecule has 2 N–H and O–H groups in total. The summed E-state index contributed by atoms with van der Waals surface area (Å²) in [7, 11) is 0. The van der Waals surface area contributed by atoms with Gasteiger partial charge in [0.15, 0.2) is 0 Å². The monoisotopic (exact) mass is 167 g/mol. The molecule has 11 heavy (non-hydrogen) atoms. The Morgan fingerprint density at radius 3 is 2.55 bits per heavy atom. The van der Waals surface area contributed by atoms with E-state index in [0.29, 0.717) is 0 Å². The number of halogens is 2. The Hall–Kier alpha value is -0.710. The summed E-state index contributed by atoms with van der Waals surface area (Å²) in [6.07, 6.45) is -3.09. The molecule has 0 aliphatic rings. The van der Waals surface area contributed by atoms with Crippen molar-refractivity contribution in [1.29, 1.82) is 0 Å². The molecule has 0 saturated carbocycles. The predicted octanol–water partition coefficient (Wildman–Crippen LogP) is 0.532.